The second kappa shape index (κ2) is 8.43. The van der Waals surface area contributed by atoms with E-state index in [0.717, 1.165) is 12.1 Å². The van der Waals surface area contributed by atoms with E-state index in [1.54, 1.807) is 24.3 Å². The van der Waals surface area contributed by atoms with E-state index in [-0.39, 0.29) is 23.4 Å². The van der Waals surface area contributed by atoms with Crippen LogP contribution in [0.25, 0.3) is 0 Å². The zero-order chi connectivity index (χ0) is 20.1. The third-order valence-electron chi connectivity index (χ3n) is 3.55. The van der Waals surface area contributed by atoms with Crippen molar-refractivity contribution in [1.82, 2.24) is 9.97 Å². The first-order chi connectivity index (χ1) is 13.4. The van der Waals surface area contributed by atoms with Gasteiger partial charge in [-0.15, -0.1) is 0 Å². The monoisotopic (exact) mass is 384 g/mol. The number of nitrogens with zero attached hydrogens (tertiary/aromatic N) is 2. The first-order valence-corrected chi connectivity index (χ1v) is 8.54. The highest BCUT2D eigenvalue weighted by atomic mass is 19.1. The fourth-order valence-corrected chi connectivity index (χ4v) is 2.34. The standard InChI is InChI=1S/C20H18F2N4O2/c1-12(2)28-15-6-4-14(5-7-15)24-19(27)18-9-10-23-20(26-18)25-17-8-3-13(21)11-16(17)22/h3-12H,1-2H3,(H,24,27)(H,23,25,26). The molecule has 0 saturated carbocycles. The summed E-state index contributed by atoms with van der Waals surface area (Å²) in [5.74, 6) is -1.23. The molecule has 0 spiro atoms. The predicted molar refractivity (Wildman–Crippen MR) is 102 cm³/mol. The van der Waals surface area contributed by atoms with Crippen molar-refractivity contribution in [3.63, 3.8) is 0 Å². The van der Waals surface area contributed by atoms with Crippen LogP contribution in [0, 0.1) is 11.6 Å². The van der Waals surface area contributed by atoms with Crippen molar-refractivity contribution >= 4 is 23.2 Å². The van der Waals surface area contributed by atoms with E-state index in [9.17, 15) is 13.6 Å². The second-order valence-corrected chi connectivity index (χ2v) is 6.16. The summed E-state index contributed by atoms with van der Waals surface area (Å²) in [4.78, 5) is 20.4. The second-order valence-electron chi connectivity index (χ2n) is 6.16. The Hall–Kier alpha value is -3.55. The largest absolute Gasteiger partial charge is 0.491 e. The van der Waals surface area contributed by atoms with Crippen LogP contribution in [0.1, 0.15) is 24.3 Å². The minimum Gasteiger partial charge on any atom is -0.491 e. The van der Waals surface area contributed by atoms with E-state index in [0.29, 0.717) is 11.4 Å². The number of halogens is 2. The smallest absolute Gasteiger partial charge is 0.274 e. The number of rotatable bonds is 6. The lowest BCUT2D eigenvalue weighted by molar-refractivity contribution is 0.102. The molecule has 0 radical (unpaired) electrons. The number of ether oxygens (including phenoxy) is 1. The van der Waals surface area contributed by atoms with E-state index in [1.165, 1.54) is 18.3 Å². The molecule has 0 saturated heterocycles. The number of hydrogen-bond donors (Lipinski definition) is 2. The average molecular weight is 384 g/mol. The minimum atomic E-state index is -0.790. The predicted octanol–water partition coefficient (Wildman–Crippen LogP) is 4.54. The number of carbonyl (C=O) groups is 1. The van der Waals surface area contributed by atoms with Crippen LogP contribution in [0.2, 0.25) is 0 Å². The highest BCUT2D eigenvalue weighted by molar-refractivity contribution is 6.03. The quantitative estimate of drug-likeness (QED) is 0.653. The first-order valence-electron chi connectivity index (χ1n) is 8.54. The lowest BCUT2D eigenvalue weighted by Gasteiger charge is -2.11. The van der Waals surface area contributed by atoms with Gasteiger partial charge in [0, 0.05) is 18.0 Å². The number of amides is 1. The molecule has 28 heavy (non-hydrogen) atoms. The molecular weight excluding hydrogens is 366 g/mol. The van der Waals surface area contributed by atoms with Crippen molar-refractivity contribution in [2.45, 2.75) is 20.0 Å². The number of carbonyl (C=O) groups excluding carboxylic acids is 1. The van der Waals surface area contributed by atoms with Crippen LogP contribution in [-0.4, -0.2) is 22.0 Å². The summed E-state index contributed by atoms with van der Waals surface area (Å²) >= 11 is 0. The highest BCUT2D eigenvalue weighted by Crippen LogP contribution is 2.19. The Morgan fingerprint density at radius 3 is 2.50 bits per heavy atom. The molecule has 144 valence electrons. The summed E-state index contributed by atoms with van der Waals surface area (Å²) in [7, 11) is 0. The Morgan fingerprint density at radius 1 is 1.07 bits per heavy atom. The summed E-state index contributed by atoms with van der Waals surface area (Å²) in [5.41, 5.74) is 0.654. The molecule has 0 unspecified atom stereocenters. The topological polar surface area (TPSA) is 76.1 Å². The lowest BCUT2D eigenvalue weighted by atomic mass is 10.3. The molecule has 2 aromatic carbocycles. The van der Waals surface area contributed by atoms with Crippen LogP contribution in [0.3, 0.4) is 0 Å². The molecule has 8 heteroatoms. The van der Waals surface area contributed by atoms with Crippen molar-refractivity contribution in [3.05, 3.63) is 72.1 Å². The fraction of sp³-hybridized carbons (Fsp3) is 0.150. The molecule has 1 amide bonds. The Morgan fingerprint density at radius 2 is 1.82 bits per heavy atom. The van der Waals surface area contributed by atoms with Crippen LogP contribution in [0.4, 0.5) is 26.1 Å². The van der Waals surface area contributed by atoms with Gasteiger partial charge in [0.2, 0.25) is 5.95 Å². The SMILES string of the molecule is CC(C)Oc1ccc(NC(=O)c2ccnc(Nc3ccc(F)cc3F)n2)cc1. The molecule has 0 atom stereocenters. The number of hydrogen-bond acceptors (Lipinski definition) is 5. The van der Waals surface area contributed by atoms with E-state index in [1.807, 2.05) is 13.8 Å². The van der Waals surface area contributed by atoms with E-state index in [4.69, 9.17) is 4.74 Å². The number of aromatic nitrogens is 2. The third-order valence-corrected chi connectivity index (χ3v) is 3.55. The van der Waals surface area contributed by atoms with Crippen LogP contribution >= 0.6 is 0 Å². The Kier molecular flexibility index (Phi) is 5.78. The third kappa shape index (κ3) is 5.00. The summed E-state index contributed by atoms with van der Waals surface area (Å²) in [5, 5.41) is 5.34. The summed E-state index contributed by atoms with van der Waals surface area (Å²) < 4.78 is 32.3. The Labute approximate surface area is 160 Å². The molecule has 0 fully saturated rings. The molecule has 0 bridgehead atoms. The summed E-state index contributed by atoms with van der Waals surface area (Å²) in [6, 6.07) is 11.4. The van der Waals surface area contributed by atoms with Gasteiger partial charge in [-0.3, -0.25) is 4.79 Å². The number of benzene rings is 2. The summed E-state index contributed by atoms with van der Waals surface area (Å²) in [6.07, 6.45) is 1.42. The van der Waals surface area contributed by atoms with Crippen LogP contribution < -0.4 is 15.4 Å². The molecule has 3 rings (SSSR count). The first kappa shape index (κ1) is 19.2. The molecule has 6 nitrogen and oxygen atoms in total. The maximum atomic E-state index is 13.7. The number of nitrogens with one attached hydrogen (secondary N) is 2. The van der Waals surface area contributed by atoms with Gasteiger partial charge in [0.1, 0.15) is 23.1 Å². The van der Waals surface area contributed by atoms with Gasteiger partial charge in [0.15, 0.2) is 0 Å². The molecule has 0 aliphatic heterocycles. The van der Waals surface area contributed by atoms with E-state index < -0.39 is 17.5 Å². The van der Waals surface area contributed by atoms with Gasteiger partial charge in [0.05, 0.1) is 11.8 Å². The van der Waals surface area contributed by atoms with Gasteiger partial charge in [0.25, 0.3) is 5.91 Å². The molecule has 1 heterocycles. The minimum absolute atomic E-state index is 0.000278. The van der Waals surface area contributed by atoms with Crippen molar-refractivity contribution in [2.24, 2.45) is 0 Å². The molecule has 1 aromatic heterocycles. The maximum Gasteiger partial charge on any atom is 0.274 e. The van der Waals surface area contributed by atoms with Crippen molar-refractivity contribution < 1.29 is 18.3 Å². The zero-order valence-corrected chi connectivity index (χ0v) is 15.2. The van der Waals surface area contributed by atoms with Crippen molar-refractivity contribution in [1.29, 1.82) is 0 Å². The normalized spacial score (nSPS) is 10.6. The average Bonchev–Trinajstić information content (AvgIpc) is 2.65. The van der Waals surface area contributed by atoms with Crippen LogP contribution in [-0.2, 0) is 0 Å². The summed E-state index contributed by atoms with van der Waals surface area (Å²) in [6.45, 7) is 3.85. The number of anilines is 3. The van der Waals surface area contributed by atoms with Gasteiger partial charge >= 0.3 is 0 Å². The fourth-order valence-electron chi connectivity index (χ4n) is 2.34. The lowest BCUT2D eigenvalue weighted by Crippen LogP contribution is -2.15. The molecular formula is C20H18F2N4O2. The van der Waals surface area contributed by atoms with Crippen molar-refractivity contribution in [3.8, 4) is 5.75 Å². The molecule has 0 aliphatic rings. The Bertz CT molecular complexity index is 978. The molecule has 3 aromatic rings. The highest BCUT2D eigenvalue weighted by Gasteiger charge is 2.11. The maximum absolute atomic E-state index is 13.7. The van der Waals surface area contributed by atoms with Crippen LogP contribution in [0.5, 0.6) is 5.75 Å². The van der Waals surface area contributed by atoms with Gasteiger partial charge < -0.3 is 15.4 Å². The zero-order valence-electron chi connectivity index (χ0n) is 15.2. The van der Waals surface area contributed by atoms with Gasteiger partial charge in [-0.05, 0) is 56.3 Å². The van der Waals surface area contributed by atoms with Gasteiger partial charge in [-0.1, -0.05) is 0 Å². The van der Waals surface area contributed by atoms with Gasteiger partial charge in [-0.2, -0.15) is 0 Å². The Balaban J connectivity index is 1.69. The van der Waals surface area contributed by atoms with Gasteiger partial charge in [-0.25, -0.2) is 18.7 Å². The van der Waals surface area contributed by atoms with E-state index >= 15 is 0 Å². The molecule has 0 aliphatic carbocycles. The van der Waals surface area contributed by atoms with Crippen molar-refractivity contribution in [2.75, 3.05) is 10.6 Å². The van der Waals surface area contributed by atoms with E-state index in [2.05, 4.69) is 20.6 Å². The van der Waals surface area contributed by atoms with Crippen LogP contribution in [0.15, 0.2) is 54.7 Å². The molecule has 2 N–H and O–H groups in total.